The third-order valence-corrected chi connectivity index (χ3v) is 3.23. The highest BCUT2D eigenvalue weighted by atomic mass is 16.6. The van der Waals surface area contributed by atoms with Crippen LogP contribution in [0.4, 0.5) is 4.79 Å². The number of alkyl carbamates (subject to hydrolysis) is 1. The summed E-state index contributed by atoms with van der Waals surface area (Å²) in [5.74, 6) is -0.786. The number of amides is 1. The lowest BCUT2D eigenvalue weighted by molar-refractivity contribution is -0.157. The third-order valence-electron chi connectivity index (χ3n) is 3.23. The van der Waals surface area contributed by atoms with E-state index in [4.69, 9.17) is 9.47 Å². The van der Waals surface area contributed by atoms with Crippen LogP contribution in [0.5, 0.6) is 5.75 Å². The van der Waals surface area contributed by atoms with Crippen LogP contribution in [0.15, 0.2) is 24.3 Å². The van der Waals surface area contributed by atoms with E-state index in [1.165, 1.54) is 24.3 Å². The molecule has 1 atom stereocenters. The van der Waals surface area contributed by atoms with Gasteiger partial charge in [-0.05, 0) is 72.2 Å². The number of aromatic hydroxyl groups is 1. The largest absolute Gasteiger partial charge is 0.508 e. The van der Waals surface area contributed by atoms with Crippen LogP contribution in [-0.4, -0.2) is 40.2 Å². The minimum Gasteiger partial charge on any atom is -0.508 e. The number of hydrogen-bond acceptors (Lipinski definition) is 6. The van der Waals surface area contributed by atoms with Crippen molar-refractivity contribution in [3.8, 4) is 5.75 Å². The fourth-order valence-electron chi connectivity index (χ4n) is 2.14. The van der Waals surface area contributed by atoms with Crippen molar-refractivity contribution < 1.29 is 29.0 Å². The molecule has 7 heteroatoms. The van der Waals surface area contributed by atoms with Gasteiger partial charge in [0.05, 0.1) is 0 Å². The Kier molecular flexibility index (Phi) is 7.39. The average molecular weight is 379 g/mol. The standard InChI is InChI=1S/C20H29NO6/c1-19(2,3)26-17(24)15(21-18(25)27-20(4,5)6)11-12-16(23)13-7-9-14(22)10-8-13/h7-10,15,22H,11-12H2,1-6H3,(H,21,25)/t15-/m0/s1. The van der Waals surface area contributed by atoms with Gasteiger partial charge < -0.3 is 19.9 Å². The Morgan fingerprint density at radius 2 is 1.48 bits per heavy atom. The van der Waals surface area contributed by atoms with Crippen LogP contribution in [0, 0.1) is 0 Å². The van der Waals surface area contributed by atoms with Gasteiger partial charge in [-0.2, -0.15) is 0 Å². The number of nitrogens with one attached hydrogen (secondary N) is 1. The van der Waals surface area contributed by atoms with E-state index in [1.54, 1.807) is 41.5 Å². The molecule has 150 valence electrons. The number of phenolic OH excluding ortho intramolecular Hbond substituents is 1. The first-order chi connectivity index (χ1) is 12.3. The van der Waals surface area contributed by atoms with E-state index >= 15 is 0 Å². The van der Waals surface area contributed by atoms with Gasteiger partial charge in [0, 0.05) is 12.0 Å². The zero-order valence-corrected chi connectivity index (χ0v) is 16.8. The first kappa shape index (κ1) is 22.5. The number of phenols is 1. The predicted octanol–water partition coefficient (Wildman–Crippen LogP) is 3.59. The van der Waals surface area contributed by atoms with E-state index < -0.39 is 29.3 Å². The lowest BCUT2D eigenvalue weighted by Crippen LogP contribution is -2.46. The second kappa shape index (κ2) is 8.88. The van der Waals surface area contributed by atoms with E-state index in [-0.39, 0.29) is 24.4 Å². The first-order valence-electron chi connectivity index (χ1n) is 8.81. The molecule has 0 unspecified atom stereocenters. The Bertz CT molecular complexity index is 667. The maximum absolute atomic E-state index is 12.4. The van der Waals surface area contributed by atoms with Crippen LogP contribution in [0.3, 0.4) is 0 Å². The Hall–Kier alpha value is -2.57. The van der Waals surface area contributed by atoms with Crippen LogP contribution < -0.4 is 5.32 Å². The summed E-state index contributed by atoms with van der Waals surface area (Å²) in [6.45, 7) is 10.3. The number of rotatable bonds is 6. The molecule has 0 radical (unpaired) electrons. The summed E-state index contributed by atoms with van der Waals surface area (Å²) >= 11 is 0. The van der Waals surface area contributed by atoms with E-state index in [1.807, 2.05) is 0 Å². The van der Waals surface area contributed by atoms with Crippen molar-refractivity contribution in [1.29, 1.82) is 0 Å². The van der Waals surface area contributed by atoms with E-state index in [0.29, 0.717) is 5.56 Å². The lowest BCUT2D eigenvalue weighted by atomic mass is 10.0. The molecule has 1 amide bonds. The molecule has 1 aromatic carbocycles. The predicted molar refractivity (Wildman–Crippen MR) is 101 cm³/mol. The molecule has 0 heterocycles. The summed E-state index contributed by atoms with van der Waals surface area (Å²) < 4.78 is 10.5. The third kappa shape index (κ3) is 9.08. The molecular formula is C20H29NO6. The minimum atomic E-state index is -1.01. The van der Waals surface area contributed by atoms with Gasteiger partial charge in [0.2, 0.25) is 0 Å². The van der Waals surface area contributed by atoms with Crippen molar-refractivity contribution in [2.75, 3.05) is 0 Å². The summed E-state index contributed by atoms with van der Waals surface area (Å²) in [4.78, 5) is 36.8. The quantitative estimate of drug-likeness (QED) is 0.578. The Morgan fingerprint density at radius 1 is 0.963 bits per heavy atom. The lowest BCUT2D eigenvalue weighted by Gasteiger charge is -2.26. The number of esters is 1. The Balaban J connectivity index is 2.80. The van der Waals surface area contributed by atoms with Gasteiger partial charge >= 0.3 is 12.1 Å². The van der Waals surface area contributed by atoms with Gasteiger partial charge in [0.25, 0.3) is 0 Å². The number of ether oxygens (including phenoxy) is 2. The molecule has 0 bridgehead atoms. The minimum absolute atomic E-state index is 0.0183. The SMILES string of the molecule is CC(C)(C)OC(=O)N[C@@H](CCC(=O)c1ccc(O)cc1)C(=O)OC(C)(C)C. The van der Waals surface area contributed by atoms with E-state index in [2.05, 4.69) is 5.32 Å². The molecule has 1 aromatic rings. The van der Waals surface area contributed by atoms with Gasteiger partial charge in [-0.25, -0.2) is 9.59 Å². The number of ketones is 1. The normalized spacial score (nSPS) is 12.8. The second-order valence-electron chi connectivity index (χ2n) is 8.24. The number of benzene rings is 1. The molecule has 0 aliphatic rings. The molecule has 27 heavy (non-hydrogen) atoms. The van der Waals surface area contributed by atoms with Crippen molar-refractivity contribution in [1.82, 2.24) is 5.32 Å². The second-order valence-corrected chi connectivity index (χ2v) is 8.24. The molecule has 0 spiro atoms. The maximum Gasteiger partial charge on any atom is 0.408 e. The zero-order chi connectivity index (χ0) is 20.8. The molecule has 0 saturated carbocycles. The highest BCUT2D eigenvalue weighted by molar-refractivity contribution is 5.96. The van der Waals surface area contributed by atoms with Crippen molar-refractivity contribution in [3.63, 3.8) is 0 Å². The molecule has 0 aliphatic carbocycles. The summed E-state index contributed by atoms with van der Waals surface area (Å²) in [6.07, 6.45) is -0.673. The van der Waals surface area contributed by atoms with Crippen molar-refractivity contribution in [2.45, 2.75) is 71.6 Å². The summed E-state index contributed by atoms with van der Waals surface area (Å²) in [7, 11) is 0. The maximum atomic E-state index is 12.4. The average Bonchev–Trinajstić information content (AvgIpc) is 2.48. The number of Topliss-reactive ketones (excluding diaryl/α,β-unsaturated/α-hetero) is 1. The first-order valence-corrected chi connectivity index (χ1v) is 8.81. The molecule has 1 rings (SSSR count). The van der Waals surface area contributed by atoms with Gasteiger partial charge in [0.1, 0.15) is 23.0 Å². The van der Waals surface area contributed by atoms with E-state index in [9.17, 15) is 19.5 Å². The number of hydrogen-bond donors (Lipinski definition) is 2. The van der Waals surface area contributed by atoms with Gasteiger partial charge in [0.15, 0.2) is 5.78 Å². The van der Waals surface area contributed by atoms with Crippen LogP contribution in [0.2, 0.25) is 0 Å². The Labute approximate surface area is 160 Å². The van der Waals surface area contributed by atoms with Crippen molar-refractivity contribution in [3.05, 3.63) is 29.8 Å². The van der Waals surface area contributed by atoms with Crippen LogP contribution in [-0.2, 0) is 14.3 Å². The van der Waals surface area contributed by atoms with Crippen LogP contribution >= 0.6 is 0 Å². The summed E-state index contributed by atoms with van der Waals surface area (Å²) in [5, 5.41) is 11.8. The fourth-order valence-corrected chi connectivity index (χ4v) is 2.14. The molecule has 0 fully saturated rings. The van der Waals surface area contributed by atoms with Gasteiger partial charge in [-0.3, -0.25) is 4.79 Å². The fraction of sp³-hybridized carbons (Fsp3) is 0.550. The Morgan fingerprint density at radius 3 is 1.96 bits per heavy atom. The van der Waals surface area contributed by atoms with E-state index in [0.717, 1.165) is 0 Å². The topological polar surface area (TPSA) is 102 Å². The van der Waals surface area contributed by atoms with Crippen LogP contribution in [0.25, 0.3) is 0 Å². The monoisotopic (exact) mass is 379 g/mol. The molecule has 7 nitrogen and oxygen atoms in total. The van der Waals surface area contributed by atoms with Crippen molar-refractivity contribution >= 4 is 17.8 Å². The zero-order valence-electron chi connectivity index (χ0n) is 16.8. The van der Waals surface area contributed by atoms with Crippen molar-refractivity contribution in [2.24, 2.45) is 0 Å². The number of carbonyl (C=O) groups is 3. The van der Waals surface area contributed by atoms with Gasteiger partial charge in [-0.15, -0.1) is 0 Å². The molecular weight excluding hydrogens is 350 g/mol. The number of carbonyl (C=O) groups excluding carboxylic acids is 3. The molecule has 0 aliphatic heterocycles. The molecule has 2 N–H and O–H groups in total. The van der Waals surface area contributed by atoms with Gasteiger partial charge in [-0.1, -0.05) is 0 Å². The smallest absolute Gasteiger partial charge is 0.408 e. The highest BCUT2D eigenvalue weighted by Crippen LogP contribution is 2.15. The summed E-state index contributed by atoms with van der Waals surface area (Å²) in [5.41, 5.74) is -1.04. The molecule has 0 saturated heterocycles. The summed E-state index contributed by atoms with van der Waals surface area (Å²) in [6, 6.07) is 4.82. The van der Waals surface area contributed by atoms with Crippen LogP contribution in [0.1, 0.15) is 64.7 Å². The highest BCUT2D eigenvalue weighted by Gasteiger charge is 2.29. The molecule has 0 aromatic heterocycles.